The van der Waals surface area contributed by atoms with Crippen LogP contribution >= 0.6 is 11.8 Å². The van der Waals surface area contributed by atoms with Crippen molar-refractivity contribution in [2.75, 3.05) is 0 Å². The summed E-state index contributed by atoms with van der Waals surface area (Å²) in [4.78, 5) is 1.37. The number of aliphatic hydroxyl groups is 2. The first-order valence-electron chi connectivity index (χ1n) is 12.2. The molecule has 0 fully saturated rings. The summed E-state index contributed by atoms with van der Waals surface area (Å²) in [6, 6.07) is 15.6. The van der Waals surface area contributed by atoms with Crippen LogP contribution in [0.15, 0.2) is 47.4 Å². The molecule has 0 amide bonds. The minimum atomic E-state index is -2.39. The molecular formula is C27H42O2SSn. The van der Waals surface area contributed by atoms with Crippen molar-refractivity contribution in [3.63, 3.8) is 0 Å². The van der Waals surface area contributed by atoms with Gasteiger partial charge in [-0.3, -0.25) is 0 Å². The van der Waals surface area contributed by atoms with Gasteiger partial charge in [0.25, 0.3) is 0 Å². The Labute approximate surface area is 198 Å². The van der Waals surface area contributed by atoms with Gasteiger partial charge in [-0.1, -0.05) is 0 Å². The van der Waals surface area contributed by atoms with E-state index in [9.17, 15) is 10.2 Å². The van der Waals surface area contributed by atoms with Crippen LogP contribution in [-0.2, 0) is 19.0 Å². The standard InChI is InChI=1S/C15H15O2S.3C4H9.Sn/c16-9-13-7-6-12(8-14(13)10-17)11-18-15-4-2-1-3-5-15;3*1-3-4-2;/h1-2,4-8,16-17H,9-11H2;3*1,3-4H2,2H3;. The monoisotopic (exact) mass is 550 g/mol. The van der Waals surface area contributed by atoms with Crippen LogP contribution in [0, 0.1) is 0 Å². The average molecular weight is 549 g/mol. The quantitative estimate of drug-likeness (QED) is 0.185. The maximum atomic E-state index is 9.59. The first-order chi connectivity index (χ1) is 15.1. The first kappa shape index (κ1) is 26.8. The van der Waals surface area contributed by atoms with Gasteiger partial charge in [0.05, 0.1) is 0 Å². The van der Waals surface area contributed by atoms with Gasteiger partial charge in [0.2, 0.25) is 0 Å². The van der Waals surface area contributed by atoms with Crippen LogP contribution in [0.4, 0.5) is 0 Å². The molecule has 0 saturated carbocycles. The molecule has 2 aromatic carbocycles. The predicted octanol–water partition coefficient (Wildman–Crippen LogP) is 7.02. The molecular weight excluding hydrogens is 507 g/mol. The number of hydrogen-bond acceptors (Lipinski definition) is 3. The SMILES string of the molecule is CCC[CH2][Sn]([CH2]CCC)([CH2]CCC)[c]1cccc(SCc2ccc(CO)c(CO)c2)c1. The molecule has 0 bridgehead atoms. The number of hydrogen-bond donors (Lipinski definition) is 2. The summed E-state index contributed by atoms with van der Waals surface area (Å²) in [6.45, 7) is 6.97. The Morgan fingerprint density at radius 2 is 1.35 bits per heavy atom. The van der Waals surface area contributed by atoms with Crippen molar-refractivity contribution in [2.24, 2.45) is 0 Å². The molecule has 0 aliphatic carbocycles. The molecule has 0 unspecified atom stereocenters. The topological polar surface area (TPSA) is 40.5 Å². The third kappa shape index (κ3) is 8.10. The Morgan fingerprint density at radius 3 is 1.90 bits per heavy atom. The number of aliphatic hydroxyl groups excluding tert-OH is 2. The van der Waals surface area contributed by atoms with E-state index in [2.05, 4.69) is 51.1 Å². The van der Waals surface area contributed by atoms with E-state index in [1.54, 1.807) is 3.58 Å². The molecule has 4 heteroatoms. The number of unbranched alkanes of at least 4 members (excludes halogenated alkanes) is 3. The molecule has 31 heavy (non-hydrogen) atoms. The van der Waals surface area contributed by atoms with Gasteiger partial charge in [0.15, 0.2) is 0 Å². The van der Waals surface area contributed by atoms with Gasteiger partial charge in [-0.05, 0) is 0 Å². The van der Waals surface area contributed by atoms with E-state index in [1.807, 2.05) is 23.9 Å². The van der Waals surface area contributed by atoms with Crippen molar-refractivity contribution in [1.82, 2.24) is 0 Å². The van der Waals surface area contributed by atoms with E-state index in [-0.39, 0.29) is 13.2 Å². The summed E-state index contributed by atoms with van der Waals surface area (Å²) in [5.74, 6) is 0.892. The molecule has 2 aromatic rings. The van der Waals surface area contributed by atoms with Gasteiger partial charge in [-0.15, -0.1) is 0 Å². The molecule has 0 spiro atoms. The predicted molar refractivity (Wildman–Crippen MR) is 139 cm³/mol. The van der Waals surface area contributed by atoms with Gasteiger partial charge >= 0.3 is 200 Å². The third-order valence-corrected chi connectivity index (χ3v) is 23.2. The molecule has 0 radical (unpaired) electrons. The van der Waals surface area contributed by atoms with E-state index < -0.39 is 18.4 Å². The molecule has 0 aliphatic rings. The zero-order valence-electron chi connectivity index (χ0n) is 19.8. The fraction of sp³-hybridized carbons (Fsp3) is 0.556. The second-order valence-corrected chi connectivity index (χ2v) is 23.1. The number of thioether (sulfide) groups is 1. The molecule has 0 aromatic heterocycles. The van der Waals surface area contributed by atoms with Crippen molar-refractivity contribution >= 4 is 33.7 Å². The Hall–Kier alpha value is -0.491. The molecule has 0 saturated heterocycles. The van der Waals surface area contributed by atoms with Gasteiger partial charge in [0, 0.05) is 0 Å². The van der Waals surface area contributed by atoms with E-state index in [1.165, 1.54) is 62.3 Å². The maximum absolute atomic E-state index is 9.59. The van der Waals surface area contributed by atoms with Crippen LogP contribution in [0.25, 0.3) is 0 Å². The fourth-order valence-corrected chi connectivity index (χ4v) is 21.7. The summed E-state index contributed by atoms with van der Waals surface area (Å²) in [7, 11) is 0. The van der Waals surface area contributed by atoms with Gasteiger partial charge in [-0.25, -0.2) is 0 Å². The summed E-state index contributed by atoms with van der Waals surface area (Å²) in [5, 5.41) is 19.0. The second-order valence-electron chi connectivity index (χ2n) is 8.83. The van der Waals surface area contributed by atoms with Gasteiger partial charge < -0.3 is 0 Å². The summed E-state index contributed by atoms with van der Waals surface area (Å²) < 4.78 is 6.24. The minimum absolute atomic E-state index is 0.0201. The van der Waals surface area contributed by atoms with Crippen molar-refractivity contribution in [3.8, 4) is 0 Å². The third-order valence-electron chi connectivity index (χ3n) is 6.49. The van der Waals surface area contributed by atoms with Crippen LogP contribution in [0.3, 0.4) is 0 Å². The van der Waals surface area contributed by atoms with E-state index in [0.717, 1.165) is 16.9 Å². The summed E-state index contributed by atoms with van der Waals surface area (Å²) in [5.41, 5.74) is 2.86. The van der Waals surface area contributed by atoms with Crippen molar-refractivity contribution in [1.29, 1.82) is 0 Å². The number of benzene rings is 2. The van der Waals surface area contributed by atoms with Crippen LogP contribution in [0.2, 0.25) is 13.3 Å². The van der Waals surface area contributed by atoms with Crippen molar-refractivity contribution in [2.45, 2.75) is 96.5 Å². The zero-order chi connectivity index (χ0) is 22.5. The Morgan fingerprint density at radius 1 is 0.742 bits per heavy atom. The van der Waals surface area contributed by atoms with Gasteiger partial charge in [-0.2, -0.15) is 0 Å². The Balaban J connectivity index is 2.23. The summed E-state index contributed by atoms with van der Waals surface area (Å²) in [6.07, 6.45) is 8.10. The van der Waals surface area contributed by atoms with E-state index >= 15 is 0 Å². The van der Waals surface area contributed by atoms with E-state index in [0.29, 0.717) is 0 Å². The average Bonchev–Trinajstić information content (AvgIpc) is 2.82. The van der Waals surface area contributed by atoms with E-state index in [4.69, 9.17) is 0 Å². The fourth-order valence-electron chi connectivity index (χ4n) is 4.51. The normalized spacial score (nSPS) is 11.8. The Bertz CT molecular complexity index is 756. The number of rotatable bonds is 15. The van der Waals surface area contributed by atoms with Crippen LogP contribution in [0.1, 0.15) is 76.0 Å². The molecule has 2 nitrogen and oxygen atoms in total. The molecule has 2 N–H and O–H groups in total. The second kappa shape index (κ2) is 14.6. The molecule has 2 rings (SSSR count). The van der Waals surface area contributed by atoms with Crippen LogP contribution in [-0.4, -0.2) is 28.6 Å². The van der Waals surface area contributed by atoms with Gasteiger partial charge in [0.1, 0.15) is 0 Å². The molecule has 172 valence electrons. The Kier molecular flexibility index (Phi) is 12.6. The van der Waals surface area contributed by atoms with Crippen molar-refractivity contribution < 1.29 is 10.2 Å². The van der Waals surface area contributed by atoms with Crippen molar-refractivity contribution in [3.05, 3.63) is 59.2 Å². The first-order valence-corrected chi connectivity index (χ1v) is 20.6. The van der Waals surface area contributed by atoms with Crippen LogP contribution in [0.5, 0.6) is 0 Å². The molecule has 0 aliphatic heterocycles. The van der Waals surface area contributed by atoms with Crippen LogP contribution < -0.4 is 3.58 Å². The molecule has 0 atom stereocenters. The molecule has 0 heterocycles. The summed E-state index contributed by atoms with van der Waals surface area (Å²) >= 11 is -0.493. The zero-order valence-corrected chi connectivity index (χ0v) is 23.5.